The normalized spacial score (nSPS) is 14.9. The van der Waals surface area contributed by atoms with E-state index in [1.165, 1.54) is 6.42 Å². The van der Waals surface area contributed by atoms with E-state index >= 15 is 0 Å². The van der Waals surface area contributed by atoms with Gasteiger partial charge in [0.25, 0.3) is 11.8 Å². The number of nitrogens with one attached hydrogen (secondary N) is 2. The molecule has 2 amide bonds. The lowest BCUT2D eigenvalue weighted by molar-refractivity contribution is 0.0938. The van der Waals surface area contributed by atoms with E-state index in [0.717, 1.165) is 38.0 Å². The number of nitrogens with zero attached hydrogens (tertiary/aromatic N) is 1. The van der Waals surface area contributed by atoms with Gasteiger partial charge in [-0.25, -0.2) is 0 Å². The van der Waals surface area contributed by atoms with Gasteiger partial charge in [0.2, 0.25) is 0 Å². The minimum absolute atomic E-state index is 0.0846. The van der Waals surface area contributed by atoms with E-state index in [9.17, 15) is 9.59 Å². The van der Waals surface area contributed by atoms with Crippen LogP contribution in [-0.2, 0) is 0 Å². The number of hydrogen-bond acceptors (Lipinski definition) is 3. The van der Waals surface area contributed by atoms with Gasteiger partial charge in [-0.1, -0.05) is 24.6 Å². The van der Waals surface area contributed by atoms with E-state index in [0.29, 0.717) is 21.8 Å². The molecule has 1 atom stereocenters. The number of hydrogen-bond donors (Lipinski definition) is 2. The van der Waals surface area contributed by atoms with Gasteiger partial charge in [-0.05, 0) is 69.0 Å². The first-order valence-electron chi connectivity index (χ1n) is 10.2. The van der Waals surface area contributed by atoms with Gasteiger partial charge in [0, 0.05) is 41.1 Å². The summed E-state index contributed by atoms with van der Waals surface area (Å²) in [4.78, 5) is 27.8. The highest BCUT2D eigenvalue weighted by atomic mass is 35.5. The smallest absolute Gasteiger partial charge is 0.255 e. The quantitative estimate of drug-likeness (QED) is 0.691. The Kier molecular flexibility index (Phi) is 7.15. The Morgan fingerprint density at radius 1 is 1.07 bits per heavy atom. The van der Waals surface area contributed by atoms with Crippen LogP contribution in [0.2, 0.25) is 5.02 Å². The Morgan fingerprint density at radius 2 is 1.83 bits per heavy atom. The van der Waals surface area contributed by atoms with Crippen molar-refractivity contribution in [3.8, 4) is 0 Å². The lowest BCUT2D eigenvalue weighted by Crippen LogP contribution is -2.35. The highest BCUT2D eigenvalue weighted by Crippen LogP contribution is 2.28. The third-order valence-corrected chi connectivity index (χ3v) is 5.51. The summed E-state index contributed by atoms with van der Waals surface area (Å²) in [5.74, 6) is -0.370. The first kappa shape index (κ1) is 21.2. The van der Waals surface area contributed by atoms with Crippen molar-refractivity contribution in [1.82, 2.24) is 5.32 Å². The summed E-state index contributed by atoms with van der Waals surface area (Å²) < 4.78 is 0. The van der Waals surface area contributed by atoms with Crippen LogP contribution in [0.4, 0.5) is 11.4 Å². The van der Waals surface area contributed by atoms with Crippen molar-refractivity contribution in [3.05, 3.63) is 58.6 Å². The van der Waals surface area contributed by atoms with E-state index in [1.807, 2.05) is 26.0 Å². The van der Waals surface area contributed by atoms with Crippen molar-refractivity contribution < 1.29 is 9.59 Å². The summed E-state index contributed by atoms with van der Waals surface area (Å²) in [6.07, 6.45) is 4.33. The lowest BCUT2D eigenvalue weighted by atomic mass is 10.0. The van der Waals surface area contributed by atoms with E-state index in [1.54, 1.807) is 30.3 Å². The van der Waals surface area contributed by atoms with Crippen LogP contribution in [0.3, 0.4) is 0 Å². The van der Waals surface area contributed by atoms with Gasteiger partial charge >= 0.3 is 0 Å². The molecule has 5 nitrogen and oxygen atoms in total. The molecule has 154 valence electrons. The first-order valence-corrected chi connectivity index (χ1v) is 10.6. The lowest BCUT2D eigenvalue weighted by Gasteiger charge is -2.31. The number of rotatable bonds is 6. The Labute approximate surface area is 177 Å². The number of carbonyl (C=O) groups excluding carboxylic acids is 2. The standard InChI is InChI=1S/C23H28ClN3O2/c1-3-16(2)25-23(29)20-15-19(10-11-21(20)27-12-5-4-6-13-27)26-22(28)17-8-7-9-18(24)14-17/h7-11,14-16H,3-6,12-13H2,1-2H3,(H,25,29)(H,26,28)/t16-/m1/s1. The number of anilines is 2. The predicted octanol–water partition coefficient (Wildman–Crippen LogP) is 5.11. The molecular weight excluding hydrogens is 386 g/mol. The van der Waals surface area contributed by atoms with Gasteiger partial charge in [0.1, 0.15) is 0 Å². The van der Waals surface area contributed by atoms with Crippen molar-refractivity contribution in [2.45, 2.75) is 45.6 Å². The first-order chi connectivity index (χ1) is 14.0. The van der Waals surface area contributed by atoms with E-state index in [2.05, 4.69) is 15.5 Å². The van der Waals surface area contributed by atoms with E-state index < -0.39 is 0 Å². The van der Waals surface area contributed by atoms with Gasteiger partial charge in [0.15, 0.2) is 0 Å². The van der Waals surface area contributed by atoms with Gasteiger partial charge < -0.3 is 15.5 Å². The van der Waals surface area contributed by atoms with Crippen LogP contribution in [-0.4, -0.2) is 30.9 Å². The molecule has 0 bridgehead atoms. The Hall–Kier alpha value is -2.53. The highest BCUT2D eigenvalue weighted by molar-refractivity contribution is 6.31. The third-order valence-electron chi connectivity index (χ3n) is 5.27. The molecule has 2 aromatic rings. The van der Waals surface area contributed by atoms with Crippen LogP contribution >= 0.6 is 11.6 Å². The van der Waals surface area contributed by atoms with Gasteiger partial charge in [-0.3, -0.25) is 9.59 Å². The van der Waals surface area contributed by atoms with Crippen molar-refractivity contribution >= 4 is 34.8 Å². The largest absolute Gasteiger partial charge is 0.371 e. The Morgan fingerprint density at radius 3 is 2.52 bits per heavy atom. The van der Waals surface area contributed by atoms with Gasteiger partial charge in [-0.2, -0.15) is 0 Å². The molecular formula is C23H28ClN3O2. The van der Waals surface area contributed by atoms with Gasteiger partial charge in [0.05, 0.1) is 5.56 Å². The van der Waals surface area contributed by atoms with E-state index in [-0.39, 0.29) is 17.9 Å². The zero-order valence-electron chi connectivity index (χ0n) is 17.0. The fourth-order valence-corrected chi connectivity index (χ4v) is 3.63. The highest BCUT2D eigenvalue weighted by Gasteiger charge is 2.20. The molecule has 3 rings (SSSR count). The maximum atomic E-state index is 13.0. The predicted molar refractivity (Wildman–Crippen MR) is 119 cm³/mol. The minimum Gasteiger partial charge on any atom is -0.371 e. The molecule has 0 aromatic heterocycles. The number of carbonyl (C=O) groups is 2. The van der Waals surface area contributed by atoms with Crippen LogP contribution in [0.1, 0.15) is 60.2 Å². The van der Waals surface area contributed by atoms with Crippen molar-refractivity contribution in [3.63, 3.8) is 0 Å². The molecule has 2 N–H and O–H groups in total. The monoisotopic (exact) mass is 413 g/mol. The molecule has 2 aromatic carbocycles. The molecule has 1 aliphatic rings. The molecule has 1 saturated heterocycles. The van der Waals surface area contributed by atoms with Crippen molar-refractivity contribution in [2.75, 3.05) is 23.3 Å². The van der Waals surface area contributed by atoms with Crippen LogP contribution in [0.15, 0.2) is 42.5 Å². The maximum absolute atomic E-state index is 13.0. The molecule has 1 heterocycles. The summed E-state index contributed by atoms with van der Waals surface area (Å²) in [5.41, 5.74) is 2.58. The second-order valence-electron chi connectivity index (χ2n) is 7.53. The summed E-state index contributed by atoms with van der Waals surface area (Å²) in [6, 6.07) is 12.4. The fraction of sp³-hybridized carbons (Fsp3) is 0.391. The van der Waals surface area contributed by atoms with Crippen molar-refractivity contribution in [1.29, 1.82) is 0 Å². The summed E-state index contributed by atoms with van der Waals surface area (Å²) in [7, 11) is 0. The third kappa shape index (κ3) is 5.51. The molecule has 29 heavy (non-hydrogen) atoms. The SMILES string of the molecule is CC[C@@H](C)NC(=O)c1cc(NC(=O)c2cccc(Cl)c2)ccc1N1CCCCC1. The minimum atomic E-state index is -0.258. The summed E-state index contributed by atoms with van der Waals surface area (Å²) in [5, 5.41) is 6.44. The molecule has 0 unspecified atom stereocenters. The van der Waals surface area contributed by atoms with Gasteiger partial charge in [-0.15, -0.1) is 0 Å². The molecule has 0 spiro atoms. The average molecular weight is 414 g/mol. The number of halogens is 1. The zero-order valence-corrected chi connectivity index (χ0v) is 17.8. The molecule has 0 radical (unpaired) electrons. The molecule has 1 aliphatic heterocycles. The topological polar surface area (TPSA) is 61.4 Å². The second kappa shape index (κ2) is 9.79. The summed E-state index contributed by atoms with van der Waals surface area (Å²) >= 11 is 5.99. The number of benzene rings is 2. The summed E-state index contributed by atoms with van der Waals surface area (Å²) in [6.45, 7) is 5.91. The maximum Gasteiger partial charge on any atom is 0.255 e. The van der Waals surface area contributed by atoms with E-state index in [4.69, 9.17) is 11.6 Å². The average Bonchev–Trinajstić information content (AvgIpc) is 2.74. The Balaban J connectivity index is 1.87. The Bertz CT molecular complexity index is 878. The van der Waals surface area contributed by atoms with Crippen LogP contribution in [0.25, 0.3) is 0 Å². The second-order valence-corrected chi connectivity index (χ2v) is 7.96. The fourth-order valence-electron chi connectivity index (χ4n) is 3.44. The number of piperidine rings is 1. The molecule has 0 aliphatic carbocycles. The number of amides is 2. The van der Waals surface area contributed by atoms with Crippen LogP contribution < -0.4 is 15.5 Å². The molecule has 0 saturated carbocycles. The molecule has 6 heteroatoms. The van der Waals surface area contributed by atoms with Crippen molar-refractivity contribution in [2.24, 2.45) is 0 Å². The van der Waals surface area contributed by atoms with Crippen LogP contribution in [0.5, 0.6) is 0 Å². The molecule has 1 fully saturated rings. The van der Waals surface area contributed by atoms with Crippen LogP contribution in [0, 0.1) is 0 Å². The zero-order chi connectivity index (χ0) is 20.8.